The van der Waals surface area contributed by atoms with Gasteiger partial charge in [-0.1, -0.05) is 10.7 Å². The van der Waals surface area contributed by atoms with E-state index < -0.39 is 0 Å². The number of hydrogen-bond acceptors (Lipinski definition) is 3. The van der Waals surface area contributed by atoms with Crippen LogP contribution in [0, 0.1) is 0 Å². The summed E-state index contributed by atoms with van der Waals surface area (Å²) in [6.07, 6.45) is 9.75. The molecule has 3 aromatic rings. The second kappa shape index (κ2) is 5.30. The number of fused-ring (bicyclic) bond motifs is 3. The number of rotatable bonds is 2. The number of aromatic hydroxyl groups is 1. The highest BCUT2D eigenvalue weighted by molar-refractivity contribution is 6.02. The van der Waals surface area contributed by atoms with E-state index in [1.807, 2.05) is 36.7 Å². The highest BCUT2D eigenvalue weighted by Gasteiger charge is 2.21. The van der Waals surface area contributed by atoms with Crippen molar-refractivity contribution in [2.75, 3.05) is 0 Å². The average molecular weight is 293 g/mol. The Labute approximate surface area is 128 Å². The van der Waals surface area contributed by atoms with Gasteiger partial charge in [-0.15, -0.1) is 0 Å². The molecule has 1 aliphatic rings. The van der Waals surface area contributed by atoms with E-state index in [1.54, 1.807) is 17.0 Å². The van der Waals surface area contributed by atoms with Gasteiger partial charge in [0.05, 0.1) is 5.56 Å². The molecule has 0 spiro atoms. The zero-order valence-corrected chi connectivity index (χ0v) is 12.2. The van der Waals surface area contributed by atoms with Gasteiger partial charge in [0.25, 0.3) is 0 Å². The summed E-state index contributed by atoms with van der Waals surface area (Å²) in [7, 11) is 0. The molecule has 4 nitrogen and oxygen atoms in total. The predicted molar refractivity (Wildman–Crippen MR) is 84.1 cm³/mol. The minimum atomic E-state index is 0.238. The van der Waals surface area contributed by atoms with Crippen molar-refractivity contribution < 1.29 is 14.2 Å². The number of furan rings is 1. The second-order valence-corrected chi connectivity index (χ2v) is 5.58. The van der Waals surface area contributed by atoms with E-state index in [4.69, 9.17) is 4.42 Å². The first-order valence-corrected chi connectivity index (χ1v) is 7.60. The Morgan fingerprint density at radius 3 is 2.77 bits per heavy atom. The number of aromatic nitrogens is 1. The Morgan fingerprint density at radius 2 is 1.91 bits per heavy atom. The summed E-state index contributed by atoms with van der Waals surface area (Å²) in [5, 5.41) is 15.7. The van der Waals surface area contributed by atoms with E-state index >= 15 is 0 Å². The SMILES string of the molecule is Oc1ccc2oc3c(c2c1/C=N/[n+]1ccccc1)CCCC3. The molecule has 0 bridgehead atoms. The molecule has 0 saturated carbocycles. The zero-order chi connectivity index (χ0) is 14.9. The molecule has 0 radical (unpaired) electrons. The lowest BCUT2D eigenvalue weighted by atomic mass is 9.94. The standard InChI is InChI=1S/C18H16N2O2/c21-15-8-9-17-18(13-6-2-3-7-16(13)22-17)14(15)12-19-20-10-4-1-5-11-20/h1,4-5,8-12H,2-3,6-7H2/p+1. The summed E-state index contributed by atoms with van der Waals surface area (Å²) in [5.41, 5.74) is 2.81. The Morgan fingerprint density at radius 1 is 1.09 bits per heavy atom. The molecule has 0 saturated heterocycles. The zero-order valence-electron chi connectivity index (χ0n) is 12.2. The van der Waals surface area contributed by atoms with Gasteiger partial charge in [-0.3, -0.25) is 0 Å². The fourth-order valence-electron chi connectivity index (χ4n) is 3.09. The average Bonchev–Trinajstić information content (AvgIpc) is 2.94. The Balaban J connectivity index is 1.87. The Bertz CT molecular complexity index is 850. The van der Waals surface area contributed by atoms with Crippen LogP contribution in [0.4, 0.5) is 0 Å². The fourth-order valence-corrected chi connectivity index (χ4v) is 3.09. The summed E-state index contributed by atoms with van der Waals surface area (Å²) in [6, 6.07) is 9.29. The van der Waals surface area contributed by atoms with Crippen LogP contribution < -0.4 is 4.68 Å². The summed E-state index contributed by atoms with van der Waals surface area (Å²) in [4.78, 5) is 0. The van der Waals surface area contributed by atoms with Crippen molar-refractivity contribution in [3.8, 4) is 5.75 Å². The van der Waals surface area contributed by atoms with Gasteiger partial charge in [0.2, 0.25) is 12.4 Å². The number of phenolic OH excluding ortho intramolecular Hbond substituents is 1. The van der Waals surface area contributed by atoms with E-state index in [0.717, 1.165) is 35.1 Å². The molecule has 22 heavy (non-hydrogen) atoms. The number of hydrogen-bond donors (Lipinski definition) is 1. The number of benzene rings is 1. The molecule has 2 aromatic heterocycles. The summed E-state index contributed by atoms with van der Waals surface area (Å²) < 4.78 is 7.67. The van der Waals surface area contributed by atoms with E-state index in [1.165, 1.54) is 18.4 Å². The normalized spacial score (nSPS) is 14.5. The van der Waals surface area contributed by atoms with Crippen molar-refractivity contribution in [1.29, 1.82) is 0 Å². The van der Waals surface area contributed by atoms with Crippen LogP contribution in [0.15, 0.2) is 52.2 Å². The summed E-state index contributed by atoms with van der Waals surface area (Å²) >= 11 is 0. The minimum absolute atomic E-state index is 0.238. The third-order valence-corrected chi connectivity index (χ3v) is 4.16. The van der Waals surface area contributed by atoms with E-state index in [2.05, 4.69) is 5.10 Å². The highest BCUT2D eigenvalue weighted by Crippen LogP contribution is 2.36. The molecule has 2 heterocycles. The number of pyridine rings is 1. The molecule has 0 atom stereocenters. The van der Waals surface area contributed by atoms with Gasteiger partial charge in [0, 0.05) is 29.5 Å². The number of nitrogens with zero attached hydrogens (tertiary/aromatic N) is 2. The largest absolute Gasteiger partial charge is 0.507 e. The first-order valence-electron chi connectivity index (χ1n) is 7.60. The third-order valence-electron chi connectivity index (χ3n) is 4.16. The first kappa shape index (κ1) is 13.1. The molecule has 1 aromatic carbocycles. The topological polar surface area (TPSA) is 49.6 Å². The number of phenols is 1. The van der Waals surface area contributed by atoms with Gasteiger partial charge in [0.1, 0.15) is 23.3 Å². The highest BCUT2D eigenvalue weighted by atomic mass is 16.3. The summed E-state index contributed by atoms with van der Waals surface area (Å²) in [5.74, 6) is 1.30. The van der Waals surface area contributed by atoms with Crippen LogP contribution >= 0.6 is 0 Å². The van der Waals surface area contributed by atoms with Crippen molar-refractivity contribution >= 4 is 17.2 Å². The van der Waals surface area contributed by atoms with Crippen molar-refractivity contribution in [3.05, 3.63) is 59.6 Å². The van der Waals surface area contributed by atoms with Gasteiger partial charge in [-0.05, 0) is 36.5 Å². The Kier molecular flexibility index (Phi) is 3.15. The van der Waals surface area contributed by atoms with Crippen molar-refractivity contribution in [2.24, 2.45) is 5.10 Å². The number of aryl methyl sites for hydroxylation is 2. The van der Waals surface area contributed by atoms with Crippen LogP contribution in [0.25, 0.3) is 11.0 Å². The fraction of sp³-hybridized carbons (Fsp3) is 0.222. The first-order chi connectivity index (χ1) is 10.8. The second-order valence-electron chi connectivity index (χ2n) is 5.58. The molecule has 0 fully saturated rings. The molecular formula is C18H17N2O2+. The molecular weight excluding hydrogens is 276 g/mol. The van der Waals surface area contributed by atoms with Gasteiger partial charge in [-0.2, -0.15) is 0 Å². The maximum absolute atomic E-state index is 10.3. The monoisotopic (exact) mass is 293 g/mol. The maximum Gasteiger partial charge on any atom is 0.202 e. The van der Waals surface area contributed by atoms with E-state index in [9.17, 15) is 5.11 Å². The predicted octanol–water partition coefficient (Wildman–Crippen LogP) is 3.19. The lowest BCUT2D eigenvalue weighted by Crippen LogP contribution is -2.25. The maximum atomic E-state index is 10.3. The van der Waals surface area contributed by atoms with Crippen LogP contribution in [0.3, 0.4) is 0 Å². The smallest absolute Gasteiger partial charge is 0.202 e. The van der Waals surface area contributed by atoms with Gasteiger partial charge < -0.3 is 9.52 Å². The quantitative estimate of drug-likeness (QED) is 0.583. The van der Waals surface area contributed by atoms with Crippen LogP contribution in [-0.4, -0.2) is 11.3 Å². The summed E-state index contributed by atoms with van der Waals surface area (Å²) in [6.45, 7) is 0. The Hall–Kier alpha value is -2.62. The third kappa shape index (κ3) is 2.17. The molecule has 110 valence electrons. The van der Waals surface area contributed by atoms with E-state index in [-0.39, 0.29) is 5.75 Å². The van der Waals surface area contributed by atoms with Crippen molar-refractivity contribution in [2.45, 2.75) is 25.7 Å². The molecule has 4 heteroatoms. The van der Waals surface area contributed by atoms with Crippen molar-refractivity contribution in [1.82, 2.24) is 0 Å². The van der Waals surface area contributed by atoms with Crippen LogP contribution in [0.5, 0.6) is 5.75 Å². The van der Waals surface area contributed by atoms with Gasteiger partial charge in [0.15, 0.2) is 0 Å². The van der Waals surface area contributed by atoms with Gasteiger partial charge in [-0.25, -0.2) is 0 Å². The minimum Gasteiger partial charge on any atom is -0.507 e. The molecule has 1 aliphatic carbocycles. The molecule has 0 amide bonds. The van der Waals surface area contributed by atoms with Gasteiger partial charge >= 0.3 is 0 Å². The molecule has 0 unspecified atom stereocenters. The lowest BCUT2D eigenvalue weighted by molar-refractivity contribution is -0.678. The van der Waals surface area contributed by atoms with Crippen LogP contribution in [-0.2, 0) is 12.8 Å². The molecule has 4 rings (SSSR count). The van der Waals surface area contributed by atoms with Crippen LogP contribution in [0.1, 0.15) is 29.7 Å². The molecule has 1 N–H and O–H groups in total. The van der Waals surface area contributed by atoms with E-state index in [0.29, 0.717) is 0 Å². The lowest BCUT2D eigenvalue weighted by Gasteiger charge is -2.09. The molecule has 0 aliphatic heterocycles. The van der Waals surface area contributed by atoms with Crippen LogP contribution in [0.2, 0.25) is 0 Å². The van der Waals surface area contributed by atoms with Crippen molar-refractivity contribution in [3.63, 3.8) is 0 Å².